The molecule has 0 spiro atoms. The number of aromatic nitrogens is 6. The highest BCUT2D eigenvalue weighted by atomic mass is 35.5. The summed E-state index contributed by atoms with van der Waals surface area (Å²) in [5, 5.41) is 4.21. The Morgan fingerprint density at radius 3 is 2.69 bits per heavy atom. The predicted octanol–water partition coefficient (Wildman–Crippen LogP) is 5.15. The summed E-state index contributed by atoms with van der Waals surface area (Å²) in [7, 11) is 1.47. The number of aromatic amines is 1. The van der Waals surface area contributed by atoms with E-state index in [0.717, 1.165) is 25.7 Å². The molecule has 4 aromatic rings. The van der Waals surface area contributed by atoms with E-state index in [4.69, 9.17) is 26.3 Å². The maximum Gasteiger partial charge on any atom is 0.439 e. The fourth-order valence-corrected chi connectivity index (χ4v) is 5.22. The average molecular weight is 515 g/mol. The molecule has 1 atom stereocenters. The molecule has 1 N–H and O–H groups in total. The Kier molecular flexibility index (Phi) is 6.65. The number of ether oxygens (including phenoxy) is 1. The Balaban J connectivity index is 1.76. The van der Waals surface area contributed by atoms with Gasteiger partial charge in [0.1, 0.15) is 11.5 Å². The lowest BCUT2D eigenvalue weighted by Gasteiger charge is -2.29. The van der Waals surface area contributed by atoms with Crippen LogP contribution in [0.1, 0.15) is 45.4 Å². The predicted molar refractivity (Wildman–Crippen MR) is 133 cm³/mol. The third-order valence-corrected chi connectivity index (χ3v) is 7.05. The van der Waals surface area contributed by atoms with Gasteiger partial charge in [-0.1, -0.05) is 36.5 Å². The summed E-state index contributed by atoms with van der Waals surface area (Å²) in [5.41, 5.74) is 0.815. The van der Waals surface area contributed by atoms with Crippen molar-refractivity contribution in [2.45, 2.75) is 51.7 Å². The maximum atomic E-state index is 16.0. The Bertz CT molecular complexity index is 1440. The minimum Gasteiger partial charge on any atom is -0.381 e. The molecule has 4 heterocycles. The van der Waals surface area contributed by atoms with Crippen LogP contribution < -0.4 is 5.76 Å². The molecule has 11 heteroatoms. The summed E-state index contributed by atoms with van der Waals surface area (Å²) >= 11 is 6.27. The number of methoxy groups -OCH3 is 1. The second-order valence-corrected chi connectivity index (χ2v) is 10.3. The standard InChI is InChI=1S/C25H28ClFN6O3/c1-14-4-6-15(7-5-14)12-33-21-18(30-23(33)25(2,27)13-35-3)9-19(22-31-24(34)36-32-22)29-20(21)16-8-17(26)11-28-10-16/h8-11,14-15H,4-7,12-13H2,1-3H3,(H,31,32,34). The highest BCUT2D eigenvalue weighted by Gasteiger charge is 2.35. The van der Waals surface area contributed by atoms with Crippen molar-refractivity contribution >= 4 is 22.6 Å². The zero-order valence-electron chi connectivity index (χ0n) is 20.4. The van der Waals surface area contributed by atoms with Crippen molar-refractivity contribution in [3.8, 4) is 22.8 Å². The molecule has 1 unspecified atom stereocenters. The molecular formula is C25H28ClFN6O3. The third-order valence-electron chi connectivity index (χ3n) is 6.84. The van der Waals surface area contributed by atoms with E-state index in [1.54, 1.807) is 18.3 Å². The molecular weight excluding hydrogens is 487 g/mol. The monoisotopic (exact) mass is 514 g/mol. The number of imidazole rings is 1. The molecule has 0 bridgehead atoms. The van der Waals surface area contributed by atoms with Gasteiger partial charge < -0.3 is 9.30 Å². The number of H-pyrrole nitrogens is 1. The first kappa shape index (κ1) is 24.6. The van der Waals surface area contributed by atoms with Crippen LogP contribution in [-0.4, -0.2) is 43.4 Å². The normalized spacial score (nSPS) is 20.0. The number of hydrogen-bond donors (Lipinski definition) is 1. The maximum absolute atomic E-state index is 16.0. The average Bonchev–Trinajstić information content (AvgIpc) is 3.44. The van der Waals surface area contributed by atoms with E-state index in [2.05, 4.69) is 26.6 Å². The van der Waals surface area contributed by atoms with Crippen molar-refractivity contribution in [2.24, 2.45) is 11.8 Å². The van der Waals surface area contributed by atoms with Gasteiger partial charge in [0.2, 0.25) is 5.82 Å². The van der Waals surface area contributed by atoms with E-state index in [1.165, 1.54) is 20.2 Å². The molecule has 1 fully saturated rings. The van der Waals surface area contributed by atoms with E-state index < -0.39 is 11.4 Å². The fraction of sp³-hybridized carbons (Fsp3) is 0.480. The number of pyridine rings is 2. The lowest BCUT2D eigenvalue weighted by Crippen LogP contribution is -2.28. The number of halogens is 2. The number of alkyl halides is 1. The van der Waals surface area contributed by atoms with Gasteiger partial charge in [-0.3, -0.25) is 14.5 Å². The zero-order chi connectivity index (χ0) is 25.4. The van der Waals surface area contributed by atoms with Crippen molar-refractivity contribution in [1.29, 1.82) is 0 Å². The molecule has 0 radical (unpaired) electrons. The third kappa shape index (κ3) is 4.79. The molecule has 1 saturated carbocycles. The van der Waals surface area contributed by atoms with Crippen molar-refractivity contribution in [3.63, 3.8) is 0 Å². The summed E-state index contributed by atoms with van der Waals surface area (Å²) < 4.78 is 27.9. The van der Waals surface area contributed by atoms with Crippen LogP contribution in [0.5, 0.6) is 0 Å². The summed E-state index contributed by atoms with van der Waals surface area (Å²) in [6, 6.07) is 3.42. The summed E-state index contributed by atoms with van der Waals surface area (Å²) in [4.78, 5) is 27.9. The number of fused-ring (bicyclic) bond motifs is 1. The molecule has 0 aliphatic heterocycles. The van der Waals surface area contributed by atoms with E-state index >= 15 is 4.39 Å². The van der Waals surface area contributed by atoms with Crippen molar-refractivity contribution < 1.29 is 13.7 Å². The highest BCUT2D eigenvalue weighted by molar-refractivity contribution is 6.30. The van der Waals surface area contributed by atoms with E-state index in [1.807, 2.05) is 4.57 Å². The van der Waals surface area contributed by atoms with Gasteiger partial charge in [-0.25, -0.2) is 19.2 Å². The number of hydrogen-bond acceptors (Lipinski definition) is 7. The summed E-state index contributed by atoms with van der Waals surface area (Å²) in [6.45, 7) is 4.20. The molecule has 1 aliphatic rings. The van der Waals surface area contributed by atoms with Crippen LogP contribution in [0, 0.1) is 11.8 Å². The smallest absolute Gasteiger partial charge is 0.381 e. The van der Waals surface area contributed by atoms with Crippen LogP contribution >= 0.6 is 11.6 Å². The second-order valence-electron chi connectivity index (χ2n) is 9.86. The topological polar surface area (TPSA) is 112 Å². The van der Waals surface area contributed by atoms with E-state index in [0.29, 0.717) is 51.4 Å². The number of rotatable bonds is 7. The van der Waals surface area contributed by atoms with Gasteiger partial charge in [0.05, 0.1) is 28.4 Å². The van der Waals surface area contributed by atoms with Gasteiger partial charge in [0, 0.05) is 31.6 Å². The molecule has 0 saturated heterocycles. The van der Waals surface area contributed by atoms with E-state index in [9.17, 15) is 4.79 Å². The molecule has 5 rings (SSSR count). The second kappa shape index (κ2) is 9.74. The molecule has 0 amide bonds. The fourth-order valence-electron chi connectivity index (χ4n) is 5.04. The van der Waals surface area contributed by atoms with Crippen LogP contribution in [-0.2, 0) is 17.0 Å². The van der Waals surface area contributed by atoms with Crippen molar-refractivity contribution in [3.05, 3.63) is 45.9 Å². The summed E-state index contributed by atoms with van der Waals surface area (Å²) in [6.07, 6.45) is 7.59. The van der Waals surface area contributed by atoms with Gasteiger partial charge in [0.25, 0.3) is 0 Å². The van der Waals surface area contributed by atoms with Crippen LogP contribution in [0.15, 0.2) is 33.8 Å². The Morgan fingerprint density at radius 1 is 1.25 bits per heavy atom. The molecule has 1 aliphatic carbocycles. The molecule has 9 nitrogen and oxygen atoms in total. The van der Waals surface area contributed by atoms with Gasteiger partial charge in [-0.2, -0.15) is 0 Å². The van der Waals surface area contributed by atoms with Crippen molar-refractivity contribution in [2.75, 3.05) is 13.7 Å². The summed E-state index contributed by atoms with van der Waals surface area (Å²) in [5.74, 6) is 0.791. The first-order valence-electron chi connectivity index (χ1n) is 12.0. The first-order chi connectivity index (χ1) is 17.2. The van der Waals surface area contributed by atoms with Gasteiger partial charge >= 0.3 is 5.76 Å². The quantitative estimate of drug-likeness (QED) is 0.363. The van der Waals surface area contributed by atoms with Crippen molar-refractivity contribution in [1.82, 2.24) is 29.7 Å². The molecule has 0 aromatic carbocycles. The minimum absolute atomic E-state index is 0.149. The Morgan fingerprint density at radius 2 is 2.03 bits per heavy atom. The van der Waals surface area contributed by atoms with Gasteiger partial charge in [-0.05, 0) is 43.7 Å². The first-order valence-corrected chi connectivity index (χ1v) is 12.4. The molecule has 36 heavy (non-hydrogen) atoms. The van der Waals surface area contributed by atoms with E-state index in [-0.39, 0.29) is 18.3 Å². The largest absolute Gasteiger partial charge is 0.439 e. The Labute approximate surface area is 212 Å². The van der Waals surface area contributed by atoms with Crippen LogP contribution in [0.4, 0.5) is 4.39 Å². The molecule has 190 valence electrons. The lowest BCUT2D eigenvalue weighted by atomic mass is 9.83. The Hall–Kier alpha value is -3.11. The SMILES string of the molecule is COCC(C)(F)c1nc2cc(-c3noc(=O)[nH]3)nc(-c3cncc(Cl)c3)c2n1CC1CCC(C)CC1. The van der Waals surface area contributed by atoms with Gasteiger partial charge in [0.15, 0.2) is 5.67 Å². The lowest BCUT2D eigenvalue weighted by molar-refractivity contribution is 0.0429. The molecule has 4 aromatic heterocycles. The zero-order valence-corrected chi connectivity index (χ0v) is 21.2. The minimum atomic E-state index is -1.85. The number of nitrogens with one attached hydrogen (secondary N) is 1. The number of nitrogens with zero attached hydrogens (tertiary/aromatic N) is 5. The highest BCUT2D eigenvalue weighted by Crippen LogP contribution is 2.38. The van der Waals surface area contributed by atoms with Crippen LogP contribution in [0.25, 0.3) is 33.8 Å². The van der Waals surface area contributed by atoms with Crippen LogP contribution in [0.3, 0.4) is 0 Å². The van der Waals surface area contributed by atoms with Crippen LogP contribution in [0.2, 0.25) is 5.02 Å². The van der Waals surface area contributed by atoms with Gasteiger partial charge in [-0.15, -0.1) is 0 Å².